The summed E-state index contributed by atoms with van der Waals surface area (Å²) < 4.78 is 5.54. The minimum atomic E-state index is -0.341. The number of aromatic amines is 3. The van der Waals surface area contributed by atoms with Crippen LogP contribution < -0.4 is 0 Å². The van der Waals surface area contributed by atoms with Crippen LogP contribution in [0.2, 0.25) is 0 Å². The lowest BCUT2D eigenvalue weighted by atomic mass is 9.86. The summed E-state index contributed by atoms with van der Waals surface area (Å²) in [5.41, 5.74) is 20.3. The van der Waals surface area contributed by atoms with Gasteiger partial charge in [-0.15, -0.1) is 0 Å². The number of benzene rings is 4. The highest BCUT2D eigenvalue weighted by molar-refractivity contribution is 6.02. The predicted molar refractivity (Wildman–Crippen MR) is 243 cm³/mol. The number of carbonyl (C=O) groups excluding carboxylic acids is 1. The standard InChI is InChI=1S/C53H39N5O2/c1-2-60-53(59)52-37-30-39-38(29-36(37)31-54-52)50-48(34-19-11-5-12-20-34)44-27-25-42(56-44)46(32-15-7-3-8-16-32)40-23-24-41(55-40)47(33-17-9-4-10-18-33)43-26-28-45(57-43)49(51(39)58-50)35-21-13-6-14-22-35/h3-28,31,54-55,58H,2,29-30H2,1H3. The first kappa shape index (κ1) is 35.4. The van der Waals surface area contributed by atoms with Gasteiger partial charge in [0, 0.05) is 52.3 Å². The van der Waals surface area contributed by atoms with Crippen LogP contribution in [0.15, 0.2) is 140 Å². The van der Waals surface area contributed by atoms with E-state index in [0.717, 1.165) is 112 Å². The molecule has 0 unspecified atom stereocenters. The van der Waals surface area contributed by atoms with Gasteiger partial charge in [0.2, 0.25) is 0 Å². The first-order chi connectivity index (χ1) is 29.6. The van der Waals surface area contributed by atoms with Gasteiger partial charge in [0.05, 0.1) is 40.4 Å². The van der Waals surface area contributed by atoms with E-state index < -0.39 is 0 Å². The van der Waals surface area contributed by atoms with Crippen LogP contribution in [0.5, 0.6) is 0 Å². The maximum Gasteiger partial charge on any atom is 0.355 e. The lowest BCUT2D eigenvalue weighted by Crippen LogP contribution is -2.11. The normalized spacial score (nSPS) is 12.6. The highest BCUT2D eigenvalue weighted by Gasteiger charge is 2.30. The summed E-state index contributed by atoms with van der Waals surface area (Å²) in [6.45, 7) is 2.14. The Labute approximate surface area is 346 Å². The second kappa shape index (κ2) is 14.6. The molecule has 0 fully saturated rings. The summed E-state index contributed by atoms with van der Waals surface area (Å²) in [7, 11) is 0. The molecule has 4 aromatic carbocycles. The Balaban J connectivity index is 1.35. The Kier molecular flexibility index (Phi) is 8.59. The molecule has 0 radical (unpaired) electrons. The van der Waals surface area contributed by atoms with E-state index in [1.54, 1.807) is 0 Å². The third-order valence-electron chi connectivity index (χ3n) is 11.8. The lowest BCUT2D eigenvalue weighted by molar-refractivity contribution is 0.0519. The number of carbonyl (C=O) groups is 1. The van der Waals surface area contributed by atoms with Gasteiger partial charge in [-0.05, 0) is 87.9 Å². The monoisotopic (exact) mass is 777 g/mol. The first-order valence-electron chi connectivity index (χ1n) is 20.4. The van der Waals surface area contributed by atoms with Crippen molar-refractivity contribution in [2.75, 3.05) is 6.61 Å². The van der Waals surface area contributed by atoms with E-state index in [9.17, 15) is 4.79 Å². The third-order valence-corrected chi connectivity index (χ3v) is 11.8. The Bertz CT molecular complexity index is 3210. The van der Waals surface area contributed by atoms with Crippen molar-refractivity contribution in [2.24, 2.45) is 0 Å². The molecule has 7 heteroatoms. The van der Waals surface area contributed by atoms with Crippen LogP contribution in [-0.4, -0.2) is 37.5 Å². The zero-order valence-corrected chi connectivity index (χ0v) is 32.9. The SMILES string of the molecule is CCOC(=O)c1[nH]cc2c1Cc1c(c3[nH]c1c(-c1ccccc1)c1nc(c(-c4ccccc4)c4ccc([nH]4)c(-c4ccccc4)c4nc(c3-c3ccccc3)C=C4)C=C1)C2. The average molecular weight is 778 g/mol. The Morgan fingerprint density at radius 1 is 0.517 bits per heavy atom. The van der Waals surface area contributed by atoms with Crippen LogP contribution in [0.25, 0.3) is 90.9 Å². The molecule has 1 aliphatic carbocycles. The first-order valence-corrected chi connectivity index (χ1v) is 20.4. The second-order valence-corrected chi connectivity index (χ2v) is 15.3. The van der Waals surface area contributed by atoms with Gasteiger partial charge in [0.25, 0.3) is 0 Å². The molecular formula is C53H39N5O2. The molecule has 6 heterocycles. The van der Waals surface area contributed by atoms with E-state index in [-0.39, 0.29) is 5.97 Å². The summed E-state index contributed by atoms with van der Waals surface area (Å²) in [6.07, 6.45) is 11.7. The van der Waals surface area contributed by atoms with E-state index in [4.69, 9.17) is 14.7 Å². The molecule has 0 spiro atoms. The molecule has 7 nitrogen and oxygen atoms in total. The summed E-state index contributed by atoms with van der Waals surface area (Å²) in [4.78, 5) is 35.6. The van der Waals surface area contributed by atoms with Gasteiger partial charge >= 0.3 is 5.97 Å². The minimum Gasteiger partial charge on any atom is -0.461 e. The van der Waals surface area contributed by atoms with Gasteiger partial charge in [-0.2, -0.15) is 0 Å². The number of esters is 1. The highest BCUT2D eigenvalue weighted by Crippen LogP contribution is 2.44. The van der Waals surface area contributed by atoms with Crippen LogP contribution in [0.3, 0.4) is 0 Å². The van der Waals surface area contributed by atoms with Gasteiger partial charge in [0.1, 0.15) is 5.69 Å². The van der Waals surface area contributed by atoms with Crippen LogP contribution in [0.1, 0.15) is 62.4 Å². The average Bonchev–Trinajstić information content (AvgIpc) is 4.16. The molecule has 11 rings (SSSR count). The van der Waals surface area contributed by atoms with Crippen molar-refractivity contribution in [3.05, 3.63) is 190 Å². The zero-order chi connectivity index (χ0) is 40.2. The van der Waals surface area contributed by atoms with E-state index in [2.05, 4.69) is 148 Å². The van der Waals surface area contributed by atoms with Crippen molar-refractivity contribution >= 4 is 52.3 Å². The minimum absolute atomic E-state index is 0.299. The van der Waals surface area contributed by atoms with Crippen molar-refractivity contribution < 1.29 is 9.53 Å². The van der Waals surface area contributed by atoms with Crippen molar-refractivity contribution in [3.63, 3.8) is 0 Å². The molecule has 3 N–H and O–H groups in total. The number of aromatic nitrogens is 5. The summed E-state index contributed by atoms with van der Waals surface area (Å²) in [5.74, 6) is -0.341. The van der Waals surface area contributed by atoms with Crippen LogP contribution >= 0.6 is 0 Å². The molecule has 0 amide bonds. The number of fused-ring (bicyclic) bond motifs is 12. The smallest absolute Gasteiger partial charge is 0.355 e. The van der Waals surface area contributed by atoms with Gasteiger partial charge in [-0.1, -0.05) is 121 Å². The molecule has 0 saturated heterocycles. The van der Waals surface area contributed by atoms with E-state index in [0.29, 0.717) is 25.1 Å². The highest BCUT2D eigenvalue weighted by atomic mass is 16.5. The third kappa shape index (κ3) is 5.93. The second-order valence-electron chi connectivity index (χ2n) is 15.3. The van der Waals surface area contributed by atoms with Gasteiger partial charge < -0.3 is 19.7 Å². The van der Waals surface area contributed by atoms with Crippen molar-refractivity contribution in [2.45, 2.75) is 19.8 Å². The van der Waals surface area contributed by atoms with Gasteiger partial charge in [-0.25, -0.2) is 14.8 Å². The maximum atomic E-state index is 13.4. The van der Waals surface area contributed by atoms with Crippen LogP contribution in [-0.2, 0) is 17.6 Å². The molecule has 2 aliphatic heterocycles. The largest absolute Gasteiger partial charge is 0.461 e. The molecule has 8 aromatic rings. The lowest BCUT2D eigenvalue weighted by Gasteiger charge is -2.16. The molecular weight excluding hydrogens is 739 g/mol. The quantitative estimate of drug-likeness (QED) is 0.146. The molecule has 0 saturated carbocycles. The fourth-order valence-corrected chi connectivity index (χ4v) is 9.11. The molecule has 3 aliphatic rings. The van der Waals surface area contributed by atoms with Crippen molar-refractivity contribution in [1.82, 2.24) is 24.9 Å². The number of hydrogen-bond donors (Lipinski definition) is 3. The van der Waals surface area contributed by atoms with E-state index >= 15 is 0 Å². The van der Waals surface area contributed by atoms with Crippen LogP contribution in [0, 0.1) is 0 Å². The van der Waals surface area contributed by atoms with Gasteiger partial charge in [-0.3, -0.25) is 0 Å². The number of H-pyrrole nitrogens is 3. The van der Waals surface area contributed by atoms with Crippen LogP contribution in [0.4, 0.5) is 0 Å². The van der Waals surface area contributed by atoms with Gasteiger partial charge in [0.15, 0.2) is 0 Å². The number of hydrogen-bond acceptors (Lipinski definition) is 4. The molecule has 288 valence electrons. The molecule has 60 heavy (non-hydrogen) atoms. The maximum absolute atomic E-state index is 13.4. The summed E-state index contributed by atoms with van der Waals surface area (Å²) in [5, 5.41) is 0. The fraction of sp³-hybridized carbons (Fsp3) is 0.0755. The topological polar surface area (TPSA) is 99.5 Å². The number of nitrogens with zero attached hydrogens (tertiary/aromatic N) is 2. The molecule has 0 atom stereocenters. The Morgan fingerprint density at radius 3 is 1.38 bits per heavy atom. The van der Waals surface area contributed by atoms with Crippen molar-refractivity contribution in [3.8, 4) is 44.5 Å². The summed E-state index contributed by atoms with van der Waals surface area (Å²) in [6, 6.07) is 46.3. The summed E-state index contributed by atoms with van der Waals surface area (Å²) >= 11 is 0. The number of rotatable bonds is 6. The number of nitrogens with one attached hydrogen (secondary N) is 3. The van der Waals surface area contributed by atoms with E-state index in [1.165, 1.54) is 0 Å². The Hall–Kier alpha value is -7.77. The van der Waals surface area contributed by atoms with Crippen molar-refractivity contribution in [1.29, 1.82) is 0 Å². The predicted octanol–water partition coefficient (Wildman–Crippen LogP) is 12.3. The zero-order valence-electron chi connectivity index (χ0n) is 32.9. The Morgan fingerprint density at radius 2 is 0.933 bits per heavy atom. The molecule has 8 bridgehead atoms. The fourth-order valence-electron chi connectivity index (χ4n) is 9.11. The van der Waals surface area contributed by atoms with E-state index in [1.807, 2.05) is 37.4 Å². The molecule has 4 aromatic heterocycles. The number of ether oxygens (including phenoxy) is 1.